The Hall–Kier alpha value is -1.23. The zero-order chi connectivity index (χ0) is 17.0. The van der Waals surface area contributed by atoms with Gasteiger partial charge in [0.15, 0.2) is 0 Å². The Bertz CT molecular complexity index is 504. The highest BCUT2D eigenvalue weighted by Crippen LogP contribution is 2.22. The van der Waals surface area contributed by atoms with Crippen LogP contribution in [-0.4, -0.2) is 35.2 Å². The van der Waals surface area contributed by atoms with E-state index in [0.717, 1.165) is 10.2 Å². The van der Waals surface area contributed by atoms with Crippen LogP contribution < -0.4 is 5.32 Å². The average Bonchev–Trinajstić information content (AvgIpc) is 2.32. The van der Waals surface area contributed by atoms with Crippen molar-refractivity contribution in [2.75, 3.05) is 18.4 Å². The van der Waals surface area contributed by atoms with E-state index >= 15 is 0 Å². The molecular formula is C17H27BrN2O2. The molecule has 1 N–H and O–H groups in total. The van der Waals surface area contributed by atoms with Gasteiger partial charge in [0.2, 0.25) is 0 Å². The van der Waals surface area contributed by atoms with Crippen molar-refractivity contribution in [1.29, 1.82) is 0 Å². The lowest BCUT2D eigenvalue weighted by molar-refractivity contribution is 0.00749. The topological polar surface area (TPSA) is 41.6 Å². The highest BCUT2D eigenvalue weighted by molar-refractivity contribution is 9.10. The molecule has 0 unspecified atom stereocenters. The second-order valence-electron chi connectivity index (χ2n) is 7.21. The maximum atomic E-state index is 12.4. The summed E-state index contributed by atoms with van der Waals surface area (Å²) in [5, 5.41) is 3.34. The number of amides is 1. The number of carbonyl (C=O) groups excluding carboxylic acids is 1. The van der Waals surface area contributed by atoms with Gasteiger partial charge in [0, 0.05) is 28.8 Å². The minimum atomic E-state index is -0.490. The van der Waals surface area contributed by atoms with E-state index in [0.29, 0.717) is 13.1 Å². The second-order valence-corrected chi connectivity index (χ2v) is 8.06. The number of para-hydroxylation sites is 1. The van der Waals surface area contributed by atoms with Crippen LogP contribution in [0.3, 0.4) is 0 Å². The molecule has 0 aliphatic rings. The molecule has 0 bridgehead atoms. The average molecular weight is 371 g/mol. The van der Waals surface area contributed by atoms with Gasteiger partial charge in [0.25, 0.3) is 0 Å². The van der Waals surface area contributed by atoms with Crippen LogP contribution in [0.1, 0.15) is 41.5 Å². The lowest BCUT2D eigenvalue weighted by Crippen LogP contribution is -2.49. The molecule has 0 aromatic heterocycles. The van der Waals surface area contributed by atoms with Gasteiger partial charge < -0.3 is 15.0 Å². The van der Waals surface area contributed by atoms with Crippen LogP contribution in [0.25, 0.3) is 0 Å². The minimum absolute atomic E-state index is 0.283. The van der Waals surface area contributed by atoms with Crippen LogP contribution in [-0.2, 0) is 4.74 Å². The van der Waals surface area contributed by atoms with Crippen LogP contribution in [0.2, 0.25) is 0 Å². The molecule has 5 heteroatoms. The molecule has 1 rings (SSSR count). The number of carbonyl (C=O) groups is 1. The summed E-state index contributed by atoms with van der Waals surface area (Å²) in [7, 11) is 0. The van der Waals surface area contributed by atoms with Gasteiger partial charge in [-0.1, -0.05) is 12.1 Å². The third-order valence-corrected chi connectivity index (χ3v) is 3.64. The first-order valence-corrected chi connectivity index (χ1v) is 8.29. The fourth-order valence-electron chi connectivity index (χ4n) is 1.92. The minimum Gasteiger partial charge on any atom is -0.444 e. The van der Waals surface area contributed by atoms with Crippen LogP contribution in [0.5, 0.6) is 0 Å². The lowest BCUT2D eigenvalue weighted by Gasteiger charge is -2.37. The Morgan fingerprint density at radius 3 is 2.27 bits per heavy atom. The third-order valence-electron chi connectivity index (χ3n) is 2.95. The van der Waals surface area contributed by atoms with E-state index in [-0.39, 0.29) is 11.6 Å². The molecule has 0 fully saturated rings. The normalized spacial score (nSPS) is 12.0. The van der Waals surface area contributed by atoms with Gasteiger partial charge in [-0.25, -0.2) is 4.79 Å². The standard InChI is InChI=1S/C17H27BrN2O2/c1-16(2,3)20(15(21)22-17(4,5)6)12-11-19-14-10-8-7-9-13(14)18/h7-10,19H,11-12H2,1-6H3. The molecule has 4 nitrogen and oxygen atoms in total. The number of hydrogen-bond acceptors (Lipinski definition) is 3. The van der Waals surface area contributed by atoms with Gasteiger partial charge >= 0.3 is 6.09 Å². The van der Waals surface area contributed by atoms with E-state index in [1.165, 1.54) is 0 Å². The van der Waals surface area contributed by atoms with E-state index in [2.05, 4.69) is 21.2 Å². The van der Waals surface area contributed by atoms with Crippen molar-refractivity contribution in [3.8, 4) is 0 Å². The Kier molecular flexibility index (Phi) is 6.29. The van der Waals surface area contributed by atoms with Gasteiger partial charge in [-0.3, -0.25) is 0 Å². The SMILES string of the molecule is CC(C)(C)OC(=O)N(CCNc1ccccc1Br)C(C)(C)C. The van der Waals surface area contributed by atoms with Crippen molar-refractivity contribution in [1.82, 2.24) is 4.90 Å². The number of benzene rings is 1. The summed E-state index contributed by atoms with van der Waals surface area (Å²) in [4.78, 5) is 14.1. The fraction of sp³-hybridized carbons (Fsp3) is 0.588. The van der Waals surface area contributed by atoms with Crippen molar-refractivity contribution < 1.29 is 9.53 Å². The summed E-state index contributed by atoms with van der Waals surface area (Å²) in [5.74, 6) is 0. The smallest absolute Gasteiger partial charge is 0.410 e. The number of nitrogens with one attached hydrogen (secondary N) is 1. The first kappa shape index (κ1) is 18.8. The maximum Gasteiger partial charge on any atom is 0.410 e. The first-order valence-electron chi connectivity index (χ1n) is 7.50. The molecule has 0 heterocycles. The monoisotopic (exact) mass is 370 g/mol. The first-order chi connectivity index (χ1) is 10.0. The van der Waals surface area contributed by atoms with Crippen LogP contribution in [0, 0.1) is 0 Å². The van der Waals surface area contributed by atoms with E-state index in [9.17, 15) is 4.79 Å². The maximum absolute atomic E-state index is 12.4. The molecule has 1 amide bonds. The number of nitrogens with zero attached hydrogens (tertiary/aromatic N) is 1. The van der Waals surface area contributed by atoms with E-state index < -0.39 is 5.60 Å². The third kappa shape index (κ3) is 6.26. The fourth-order valence-corrected chi connectivity index (χ4v) is 2.35. The van der Waals surface area contributed by atoms with Crippen LogP contribution in [0.4, 0.5) is 10.5 Å². The summed E-state index contributed by atoms with van der Waals surface area (Å²) in [6, 6.07) is 7.93. The number of ether oxygens (including phenoxy) is 1. The number of anilines is 1. The molecular weight excluding hydrogens is 344 g/mol. The molecule has 124 valence electrons. The van der Waals surface area contributed by atoms with Crippen molar-refractivity contribution in [2.45, 2.75) is 52.7 Å². The van der Waals surface area contributed by atoms with E-state index in [1.54, 1.807) is 4.90 Å². The predicted octanol–water partition coefficient (Wildman–Crippen LogP) is 4.90. The van der Waals surface area contributed by atoms with Crippen molar-refractivity contribution in [3.05, 3.63) is 28.7 Å². The van der Waals surface area contributed by atoms with Gasteiger partial charge in [0.05, 0.1) is 0 Å². The highest BCUT2D eigenvalue weighted by atomic mass is 79.9. The molecule has 0 radical (unpaired) electrons. The van der Waals surface area contributed by atoms with Crippen LogP contribution in [0.15, 0.2) is 28.7 Å². The van der Waals surface area contributed by atoms with E-state index in [1.807, 2.05) is 65.8 Å². The van der Waals surface area contributed by atoms with Gasteiger partial charge in [-0.05, 0) is 69.6 Å². The molecule has 0 spiro atoms. The summed E-state index contributed by atoms with van der Waals surface area (Å²) >= 11 is 3.50. The Labute approximate surface area is 142 Å². The largest absolute Gasteiger partial charge is 0.444 e. The Morgan fingerprint density at radius 1 is 1.18 bits per heavy atom. The second kappa shape index (κ2) is 7.36. The van der Waals surface area contributed by atoms with Crippen LogP contribution >= 0.6 is 15.9 Å². The zero-order valence-corrected chi connectivity index (χ0v) is 16.0. The Balaban J connectivity index is 2.67. The molecule has 0 aliphatic heterocycles. The number of halogens is 1. The van der Waals surface area contributed by atoms with Crippen molar-refractivity contribution in [2.24, 2.45) is 0 Å². The quantitative estimate of drug-likeness (QED) is 0.819. The van der Waals surface area contributed by atoms with Gasteiger partial charge in [-0.15, -0.1) is 0 Å². The number of hydrogen-bond donors (Lipinski definition) is 1. The molecule has 0 aliphatic carbocycles. The lowest BCUT2D eigenvalue weighted by atomic mass is 10.1. The molecule has 1 aromatic rings. The summed E-state index contributed by atoms with van der Waals surface area (Å²) < 4.78 is 6.51. The number of rotatable bonds is 4. The summed E-state index contributed by atoms with van der Waals surface area (Å²) in [6.07, 6.45) is -0.283. The van der Waals surface area contributed by atoms with E-state index in [4.69, 9.17) is 4.74 Å². The summed E-state index contributed by atoms with van der Waals surface area (Å²) in [5.41, 5.74) is 0.231. The Morgan fingerprint density at radius 2 is 1.77 bits per heavy atom. The molecule has 0 saturated heterocycles. The molecule has 1 aromatic carbocycles. The zero-order valence-electron chi connectivity index (χ0n) is 14.4. The molecule has 0 atom stereocenters. The predicted molar refractivity (Wildman–Crippen MR) is 95.3 cm³/mol. The van der Waals surface area contributed by atoms with Crippen molar-refractivity contribution >= 4 is 27.7 Å². The molecule has 22 heavy (non-hydrogen) atoms. The summed E-state index contributed by atoms with van der Waals surface area (Å²) in [6.45, 7) is 12.9. The van der Waals surface area contributed by atoms with Crippen molar-refractivity contribution in [3.63, 3.8) is 0 Å². The van der Waals surface area contributed by atoms with Gasteiger partial charge in [0.1, 0.15) is 5.60 Å². The van der Waals surface area contributed by atoms with Gasteiger partial charge in [-0.2, -0.15) is 0 Å². The highest BCUT2D eigenvalue weighted by Gasteiger charge is 2.30. The molecule has 0 saturated carbocycles.